The minimum Gasteiger partial charge on any atom is -0.481 e. The van der Waals surface area contributed by atoms with Gasteiger partial charge < -0.3 is 10.4 Å². The fourth-order valence-corrected chi connectivity index (χ4v) is 6.05. The highest BCUT2D eigenvalue weighted by Gasteiger charge is 2.43. The molecule has 1 saturated carbocycles. The zero-order valence-electron chi connectivity index (χ0n) is 23.5. The number of rotatable bonds is 9. The van der Waals surface area contributed by atoms with E-state index in [9.17, 15) is 13.6 Å². The standard InChI is InChI=1S/C33H36F3N3O2/c1-4-21(9-6-19(3)22-10-7-20(8-11-22)14-31(40)41)28-16-26(34)25(18-37-28)29-17-30-32(39-30)24-15-23(33(35,36)5-2)12-13-27(24)38-29/h4,6,9,12-13,15-16,18,20,22,30,32,39H,1,5,7-8,10-11,14,17H2,2-3H3,(H,40,41)/b19-6+,21-9+. The Kier molecular flexibility index (Phi) is 8.32. The molecule has 2 atom stereocenters. The number of halogens is 3. The Hall–Kier alpha value is -3.52. The summed E-state index contributed by atoms with van der Waals surface area (Å²) in [5.41, 5.74) is 4.44. The quantitative estimate of drug-likeness (QED) is 0.239. The molecule has 216 valence electrons. The molecule has 1 aromatic heterocycles. The molecule has 1 saturated heterocycles. The number of allylic oxidation sites excluding steroid dienone is 5. The van der Waals surface area contributed by atoms with Crippen molar-refractivity contribution in [1.29, 1.82) is 0 Å². The zero-order valence-corrected chi connectivity index (χ0v) is 23.5. The van der Waals surface area contributed by atoms with Crippen molar-refractivity contribution in [3.8, 4) is 0 Å². The number of nitrogens with zero attached hydrogens (tertiary/aromatic N) is 2. The molecule has 0 bridgehead atoms. The van der Waals surface area contributed by atoms with E-state index in [1.54, 1.807) is 12.1 Å². The number of pyridine rings is 1. The fourth-order valence-electron chi connectivity index (χ4n) is 6.05. The monoisotopic (exact) mass is 563 g/mol. The van der Waals surface area contributed by atoms with Crippen LogP contribution in [0.2, 0.25) is 0 Å². The van der Waals surface area contributed by atoms with E-state index < -0.39 is 17.7 Å². The number of aliphatic imine (C=N–C) groups is 1. The number of alkyl halides is 2. The van der Waals surface area contributed by atoms with Gasteiger partial charge in [-0.3, -0.25) is 14.8 Å². The van der Waals surface area contributed by atoms with E-state index in [4.69, 9.17) is 10.1 Å². The normalized spacial score (nSPS) is 24.6. The molecule has 1 aromatic carbocycles. The molecular weight excluding hydrogens is 527 g/mol. The lowest BCUT2D eigenvalue weighted by Gasteiger charge is -2.28. The Morgan fingerprint density at radius 1 is 1.20 bits per heavy atom. The summed E-state index contributed by atoms with van der Waals surface area (Å²) < 4.78 is 44.1. The van der Waals surface area contributed by atoms with Crippen molar-refractivity contribution in [2.24, 2.45) is 16.8 Å². The van der Waals surface area contributed by atoms with E-state index in [0.29, 0.717) is 40.6 Å². The highest BCUT2D eigenvalue weighted by atomic mass is 19.3. The van der Waals surface area contributed by atoms with Gasteiger partial charge >= 0.3 is 5.97 Å². The molecule has 5 rings (SSSR count). The van der Waals surface area contributed by atoms with Crippen LogP contribution in [-0.2, 0) is 10.7 Å². The van der Waals surface area contributed by atoms with Gasteiger partial charge in [0.1, 0.15) is 5.82 Å². The fraction of sp³-hybridized carbons (Fsp3) is 0.424. The molecule has 0 spiro atoms. The van der Waals surface area contributed by atoms with Crippen molar-refractivity contribution < 1.29 is 23.1 Å². The molecule has 2 aliphatic heterocycles. The van der Waals surface area contributed by atoms with Crippen molar-refractivity contribution in [1.82, 2.24) is 10.3 Å². The molecule has 2 N–H and O–H groups in total. The van der Waals surface area contributed by atoms with Crippen LogP contribution in [0.5, 0.6) is 0 Å². The second kappa shape index (κ2) is 11.8. The molecule has 2 unspecified atom stereocenters. The summed E-state index contributed by atoms with van der Waals surface area (Å²) >= 11 is 0. The molecule has 8 heteroatoms. The number of nitrogens with one attached hydrogen (secondary N) is 1. The number of carbonyl (C=O) groups is 1. The van der Waals surface area contributed by atoms with Crippen molar-refractivity contribution in [3.63, 3.8) is 0 Å². The smallest absolute Gasteiger partial charge is 0.303 e. The Morgan fingerprint density at radius 2 is 1.95 bits per heavy atom. The highest BCUT2D eigenvalue weighted by molar-refractivity contribution is 6.03. The average Bonchev–Trinajstić information content (AvgIpc) is 3.73. The third-order valence-electron chi connectivity index (χ3n) is 8.74. The van der Waals surface area contributed by atoms with Gasteiger partial charge in [-0.2, -0.15) is 0 Å². The molecular formula is C33H36F3N3O2. The van der Waals surface area contributed by atoms with Crippen LogP contribution in [-0.4, -0.2) is 27.8 Å². The van der Waals surface area contributed by atoms with Crippen molar-refractivity contribution in [2.75, 3.05) is 0 Å². The number of fused-ring (bicyclic) bond motifs is 3. The van der Waals surface area contributed by atoms with Crippen molar-refractivity contribution in [2.45, 2.75) is 76.8 Å². The maximum atomic E-state index is 15.5. The molecule has 5 nitrogen and oxygen atoms in total. The summed E-state index contributed by atoms with van der Waals surface area (Å²) in [6.07, 6.45) is 11.2. The zero-order chi connectivity index (χ0) is 29.3. The molecule has 2 aromatic rings. The lowest BCUT2D eigenvalue weighted by atomic mass is 9.77. The van der Waals surface area contributed by atoms with E-state index in [1.807, 2.05) is 12.2 Å². The number of aliphatic carboxylic acids is 1. The van der Waals surface area contributed by atoms with E-state index >= 15 is 4.39 Å². The van der Waals surface area contributed by atoms with E-state index in [1.165, 1.54) is 36.9 Å². The van der Waals surface area contributed by atoms with Gasteiger partial charge in [-0.15, -0.1) is 0 Å². The molecule has 41 heavy (non-hydrogen) atoms. The Labute approximate surface area is 239 Å². The van der Waals surface area contributed by atoms with Crippen LogP contribution in [0.4, 0.5) is 18.9 Å². The van der Waals surface area contributed by atoms with Crippen LogP contribution < -0.4 is 5.32 Å². The number of hydrogen-bond donors (Lipinski definition) is 2. The molecule has 0 amide bonds. The largest absolute Gasteiger partial charge is 0.481 e. The number of aromatic nitrogens is 1. The van der Waals surface area contributed by atoms with Gasteiger partial charge in [0.2, 0.25) is 0 Å². The van der Waals surface area contributed by atoms with E-state index in [0.717, 1.165) is 31.2 Å². The maximum absolute atomic E-state index is 15.5. The topological polar surface area (TPSA) is 84.5 Å². The molecule has 1 aliphatic carbocycles. The van der Waals surface area contributed by atoms with Gasteiger partial charge in [-0.1, -0.05) is 43.4 Å². The van der Waals surface area contributed by atoms with Crippen LogP contribution in [0.25, 0.3) is 5.57 Å². The average molecular weight is 564 g/mol. The molecule has 3 heterocycles. The number of carboxylic acid groups (broad SMARTS) is 1. The third kappa shape index (κ3) is 6.38. The summed E-state index contributed by atoms with van der Waals surface area (Å²) in [6.45, 7) is 7.42. The molecule has 0 radical (unpaired) electrons. The minimum atomic E-state index is -2.91. The Balaban J connectivity index is 1.34. The van der Waals surface area contributed by atoms with E-state index in [-0.39, 0.29) is 36.4 Å². The van der Waals surface area contributed by atoms with Crippen LogP contribution in [0, 0.1) is 17.7 Å². The van der Waals surface area contributed by atoms with Gasteiger partial charge in [0.15, 0.2) is 0 Å². The number of benzene rings is 1. The summed E-state index contributed by atoms with van der Waals surface area (Å²) in [5.74, 6) is -3.45. The molecule has 3 aliphatic rings. The lowest BCUT2D eigenvalue weighted by Crippen LogP contribution is -2.17. The Bertz CT molecular complexity index is 1440. The summed E-state index contributed by atoms with van der Waals surface area (Å²) in [7, 11) is 0. The number of carboxylic acids is 1. The summed E-state index contributed by atoms with van der Waals surface area (Å²) in [6, 6.07) is 5.85. The van der Waals surface area contributed by atoms with Gasteiger partial charge in [0, 0.05) is 43.1 Å². The Morgan fingerprint density at radius 3 is 2.61 bits per heavy atom. The van der Waals surface area contributed by atoms with Crippen molar-refractivity contribution >= 4 is 22.9 Å². The first-order valence-electron chi connectivity index (χ1n) is 14.3. The summed E-state index contributed by atoms with van der Waals surface area (Å²) in [5, 5.41) is 12.4. The number of hydrogen-bond acceptors (Lipinski definition) is 4. The van der Waals surface area contributed by atoms with E-state index in [2.05, 4.69) is 23.8 Å². The van der Waals surface area contributed by atoms with Gasteiger partial charge in [0.25, 0.3) is 5.92 Å². The van der Waals surface area contributed by atoms with Gasteiger partial charge in [0.05, 0.1) is 28.7 Å². The van der Waals surface area contributed by atoms with Crippen LogP contribution in [0.1, 0.15) is 87.2 Å². The highest BCUT2D eigenvalue weighted by Crippen LogP contribution is 2.44. The van der Waals surface area contributed by atoms with Gasteiger partial charge in [-0.05, 0) is 67.7 Å². The first-order valence-corrected chi connectivity index (χ1v) is 14.3. The second-order valence-electron chi connectivity index (χ2n) is 11.4. The molecule has 2 fully saturated rings. The second-order valence-corrected chi connectivity index (χ2v) is 11.4. The van der Waals surface area contributed by atoms with Crippen molar-refractivity contribution in [3.05, 3.63) is 89.0 Å². The van der Waals surface area contributed by atoms with Gasteiger partial charge in [-0.25, -0.2) is 13.2 Å². The third-order valence-corrected chi connectivity index (χ3v) is 8.74. The first-order chi connectivity index (χ1) is 19.6. The van der Waals surface area contributed by atoms with Crippen LogP contribution >= 0.6 is 0 Å². The lowest BCUT2D eigenvalue weighted by molar-refractivity contribution is -0.138. The predicted molar refractivity (Wildman–Crippen MR) is 155 cm³/mol. The first kappa shape index (κ1) is 29.0. The van der Waals surface area contributed by atoms with Crippen LogP contribution in [0.15, 0.2) is 65.8 Å². The minimum absolute atomic E-state index is 0.00974. The SMILES string of the molecule is C=C/C(=C\C=C(/C)C1CCC(CC(=O)O)CC1)c1cc(F)c(C2=Nc3ccc(C(F)(F)CC)cc3C3NC3C2)cn1. The maximum Gasteiger partial charge on any atom is 0.303 e. The predicted octanol–water partition coefficient (Wildman–Crippen LogP) is 8.06. The van der Waals surface area contributed by atoms with Crippen LogP contribution in [0.3, 0.4) is 0 Å². The summed E-state index contributed by atoms with van der Waals surface area (Å²) in [4.78, 5) is 20.2.